The van der Waals surface area contributed by atoms with Crippen molar-refractivity contribution in [2.24, 2.45) is 7.05 Å². The summed E-state index contributed by atoms with van der Waals surface area (Å²) in [6.45, 7) is 0. The number of hydrogen-bond acceptors (Lipinski definition) is 4. The van der Waals surface area contributed by atoms with Crippen LogP contribution in [-0.2, 0) is 7.05 Å². The molecule has 6 heteroatoms. The number of carboxylic acid groups (broad SMARTS) is 1. The minimum absolute atomic E-state index is 0.229. The van der Waals surface area contributed by atoms with E-state index in [1.165, 1.54) is 16.9 Å². The molecule has 0 unspecified atom stereocenters. The molecular weight excluding hydrogens is 212 g/mol. The van der Waals surface area contributed by atoms with Crippen molar-refractivity contribution in [1.82, 2.24) is 9.78 Å². The molecule has 1 aromatic heterocycles. The van der Waals surface area contributed by atoms with Gasteiger partial charge in [-0.3, -0.25) is 9.48 Å². The van der Waals surface area contributed by atoms with E-state index in [1.54, 1.807) is 7.05 Å². The Morgan fingerprint density at radius 1 is 1.56 bits per heavy atom. The van der Waals surface area contributed by atoms with E-state index in [2.05, 4.69) is 5.10 Å². The Hall–Kier alpha value is -2.37. The third-order valence-corrected chi connectivity index (χ3v) is 2.41. The molecule has 1 aromatic carbocycles. The fraction of sp³-hybridized carbons (Fsp3) is 0.100. The number of benzene rings is 1. The van der Waals surface area contributed by atoms with E-state index in [4.69, 9.17) is 5.11 Å². The highest BCUT2D eigenvalue weighted by atomic mass is 16.4. The second-order valence-corrected chi connectivity index (χ2v) is 3.31. The summed E-state index contributed by atoms with van der Waals surface area (Å²) < 4.78 is 1.43. The first kappa shape index (κ1) is 10.2. The summed E-state index contributed by atoms with van der Waals surface area (Å²) in [6.07, 6.45) is 1.70. The van der Waals surface area contributed by atoms with Crippen LogP contribution in [0, 0.1) is 0 Å². The van der Waals surface area contributed by atoms with Crippen molar-refractivity contribution in [1.29, 1.82) is 0 Å². The Balaban J connectivity index is 2.94. The maximum atomic E-state index is 10.9. The first-order chi connectivity index (χ1) is 7.56. The van der Waals surface area contributed by atoms with E-state index in [0.717, 1.165) is 0 Å². The van der Waals surface area contributed by atoms with Gasteiger partial charge in [0.2, 0.25) is 0 Å². The van der Waals surface area contributed by atoms with Crippen molar-refractivity contribution < 1.29 is 19.8 Å². The van der Waals surface area contributed by atoms with Gasteiger partial charge in [-0.1, -0.05) is 0 Å². The van der Waals surface area contributed by atoms with Gasteiger partial charge in [-0.05, 0) is 6.07 Å². The van der Waals surface area contributed by atoms with Crippen LogP contribution in [0.4, 0.5) is 0 Å². The number of hydrogen-bond donors (Lipinski definition) is 2. The molecule has 0 aliphatic heterocycles. The van der Waals surface area contributed by atoms with Gasteiger partial charge >= 0.3 is 5.97 Å². The number of carbonyl (C=O) groups excluding carboxylic acids is 1. The van der Waals surface area contributed by atoms with Gasteiger partial charge in [0, 0.05) is 7.05 Å². The summed E-state index contributed by atoms with van der Waals surface area (Å²) in [6, 6.07) is 1.31. The number of aromatic carboxylic acids is 1. The van der Waals surface area contributed by atoms with Crippen molar-refractivity contribution in [3.63, 3.8) is 0 Å². The Bertz CT molecular complexity index is 600. The topological polar surface area (TPSA) is 92.4 Å². The molecule has 0 spiro atoms. The summed E-state index contributed by atoms with van der Waals surface area (Å²) in [4.78, 5) is 21.7. The number of phenols is 1. The Kier molecular flexibility index (Phi) is 2.12. The predicted octanol–water partition coefficient (Wildman–Crippen LogP) is 0.790. The summed E-state index contributed by atoms with van der Waals surface area (Å²) in [7, 11) is 1.62. The maximum absolute atomic E-state index is 10.9. The predicted molar refractivity (Wildman–Crippen MR) is 54.7 cm³/mol. The largest absolute Gasteiger partial charge is 0.506 e. The molecule has 0 aliphatic carbocycles. The molecule has 82 valence electrons. The van der Waals surface area contributed by atoms with Crippen LogP contribution in [0.25, 0.3) is 10.9 Å². The molecule has 2 aromatic rings. The first-order valence-corrected chi connectivity index (χ1v) is 4.42. The fourth-order valence-electron chi connectivity index (χ4n) is 1.58. The lowest BCUT2D eigenvalue weighted by Crippen LogP contribution is -2.03. The smallest absolute Gasteiger partial charge is 0.336 e. The Morgan fingerprint density at radius 2 is 2.25 bits per heavy atom. The quantitative estimate of drug-likeness (QED) is 0.730. The molecule has 6 nitrogen and oxygen atoms in total. The van der Waals surface area contributed by atoms with Gasteiger partial charge in [-0.2, -0.15) is 5.10 Å². The minimum Gasteiger partial charge on any atom is -0.506 e. The van der Waals surface area contributed by atoms with E-state index < -0.39 is 5.97 Å². The van der Waals surface area contributed by atoms with E-state index in [9.17, 15) is 14.7 Å². The summed E-state index contributed by atoms with van der Waals surface area (Å²) >= 11 is 0. The number of fused-ring (bicyclic) bond motifs is 1. The molecule has 0 bridgehead atoms. The number of aromatic nitrogens is 2. The van der Waals surface area contributed by atoms with Crippen LogP contribution < -0.4 is 0 Å². The standard InChI is InChI=1S/C10H8N2O4/c1-12-8-2-5(10(15)16)7(4-13)9(14)6(8)3-11-12/h2-4,14H,1H3,(H,15,16). The molecule has 0 fully saturated rings. The average Bonchev–Trinajstić information content (AvgIpc) is 2.60. The Labute approximate surface area is 89.7 Å². The van der Waals surface area contributed by atoms with Crippen LogP contribution in [0.2, 0.25) is 0 Å². The Morgan fingerprint density at radius 3 is 2.81 bits per heavy atom. The summed E-state index contributed by atoms with van der Waals surface area (Å²) in [5.74, 6) is -1.61. The number of carbonyl (C=O) groups is 2. The van der Waals surface area contributed by atoms with Crippen molar-refractivity contribution in [3.05, 3.63) is 23.4 Å². The number of carboxylic acids is 1. The monoisotopic (exact) mass is 220 g/mol. The van der Waals surface area contributed by atoms with Crippen molar-refractivity contribution in [2.45, 2.75) is 0 Å². The van der Waals surface area contributed by atoms with Crippen LogP contribution in [0.15, 0.2) is 12.3 Å². The number of aromatic hydroxyl groups is 1. The molecule has 2 rings (SSSR count). The normalized spacial score (nSPS) is 10.6. The van der Waals surface area contributed by atoms with Crippen LogP contribution in [0.5, 0.6) is 5.75 Å². The third-order valence-electron chi connectivity index (χ3n) is 2.41. The van der Waals surface area contributed by atoms with Crippen LogP contribution in [-0.4, -0.2) is 32.2 Å². The number of rotatable bonds is 2. The second-order valence-electron chi connectivity index (χ2n) is 3.31. The zero-order chi connectivity index (χ0) is 11.9. The van der Waals surface area contributed by atoms with Gasteiger partial charge in [0.15, 0.2) is 6.29 Å². The lowest BCUT2D eigenvalue weighted by Gasteiger charge is -2.04. The van der Waals surface area contributed by atoms with Gasteiger partial charge in [0.25, 0.3) is 0 Å². The van der Waals surface area contributed by atoms with Crippen molar-refractivity contribution in [2.75, 3.05) is 0 Å². The second kappa shape index (κ2) is 3.34. The number of aldehydes is 1. The highest BCUT2D eigenvalue weighted by Gasteiger charge is 2.18. The number of phenolic OH excluding ortho intramolecular Hbond substituents is 1. The van der Waals surface area contributed by atoms with Crippen molar-refractivity contribution in [3.8, 4) is 5.75 Å². The summed E-state index contributed by atoms with van der Waals surface area (Å²) in [5.41, 5.74) is -0.00269. The van der Waals surface area contributed by atoms with Crippen molar-refractivity contribution >= 4 is 23.2 Å². The summed E-state index contributed by atoms with van der Waals surface area (Å²) in [5, 5.41) is 22.9. The van der Waals surface area contributed by atoms with Gasteiger partial charge in [0.05, 0.1) is 28.2 Å². The fourth-order valence-corrected chi connectivity index (χ4v) is 1.58. The lowest BCUT2D eigenvalue weighted by molar-refractivity contribution is 0.0693. The number of nitrogens with zero attached hydrogens (tertiary/aromatic N) is 2. The molecule has 0 aliphatic rings. The molecule has 0 saturated carbocycles. The van der Waals surface area contributed by atoms with E-state index in [1.807, 2.05) is 0 Å². The van der Waals surface area contributed by atoms with E-state index in [0.29, 0.717) is 17.2 Å². The van der Waals surface area contributed by atoms with Crippen LogP contribution >= 0.6 is 0 Å². The van der Waals surface area contributed by atoms with Gasteiger partial charge in [-0.15, -0.1) is 0 Å². The van der Waals surface area contributed by atoms with Crippen LogP contribution in [0.1, 0.15) is 20.7 Å². The van der Waals surface area contributed by atoms with Gasteiger partial charge < -0.3 is 10.2 Å². The van der Waals surface area contributed by atoms with E-state index >= 15 is 0 Å². The molecule has 0 radical (unpaired) electrons. The molecule has 1 heterocycles. The highest BCUT2D eigenvalue weighted by Crippen LogP contribution is 2.30. The lowest BCUT2D eigenvalue weighted by atomic mass is 10.0. The van der Waals surface area contributed by atoms with Gasteiger partial charge in [0.1, 0.15) is 5.75 Å². The maximum Gasteiger partial charge on any atom is 0.336 e. The molecule has 0 saturated heterocycles. The van der Waals surface area contributed by atoms with E-state index in [-0.39, 0.29) is 16.9 Å². The SMILES string of the molecule is Cn1ncc2c(O)c(C=O)c(C(=O)O)cc21. The molecular formula is C10H8N2O4. The average molecular weight is 220 g/mol. The molecule has 16 heavy (non-hydrogen) atoms. The van der Waals surface area contributed by atoms with Gasteiger partial charge in [-0.25, -0.2) is 4.79 Å². The molecule has 0 atom stereocenters. The molecule has 2 N–H and O–H groups in total. The third kappa shape index (κ3) is 1.23. The zero-order valence-corrected chi connectivity index (χ0v) is 8.34. The first-order valence-electron chi connectivity index (χ1n) is 4.42. The highest BCUT2D eigenvalue weighted by molar-refractivity contribution is 6.05. The zero-order valence-electron chi connectivity index (χ0n) is 8.34. The molecule has 0 amide bonds. The minimum atomic E-state index is -1.26. The van der Waals surface area contributed by atoms with Crippen LogP contribution in [0.3, 0.4) is 0 Å². The number of aryl methyl sites for hydroxylation is 1.